The fourth-order valence-corrected chi connectivity index (χ4v) is 8.93. The van der Waals surface area contributed by atoms with E-state index in [9.17, 15) is 20.1 Å². The first-order valence-electron chi connectivity index (χ1n) is 14.9. The van der Waals surface area contributed by atoms with E-state index >= 15 is 0 Å². The van der Waals surface area contributed by atoms with Crippen LogP contribution in [0, 0.1) is 22.7 Å². The van der Waals surface area contributed by atoms with Gasteiger partial charge in [0, 0.05) is 79.8 Å². The van der Waals surface area contributed by atoms with Crippen molar-refractivity contribution >= 4 is 58.1 Å². The molecule has 4 aliphatic heterocycles. The molecule has 0 spiro atoms. The van der Waals surface area contributed by atoms with Gasteiger partial charge in [-0.05, 0) is 62.1 Å². The molecule has 46 heavy (non-hydrogen) atoms. The van der Waals surface area contributed by atoms with Gasteiger partial charge in [0.15, 0.2) is 11.1 Å². The third-order valence-corrected chi connectivity index (χ3v) is 11.2. The molecule has 4 aromatic rings. The summed E-state index contributed by atoms with van der Waals surface area (Å²) in [7, 11) is 0. The van der Waals surface area contributed by atoms with Crippen LogP contribution >= 0.6 is 46.7 Å². The average molecular weight is 690 g/mol. The second-order valence-corrected chi connectivity index (χ2v) is 14.2. The second-order valence-electron chi connectivity index (χ2n) is 11.3. The molecule has 2 aromatic heterocycles. The van der Waals surface area contributed by atoms with Crippen LogP contribution in [0.2, 0.25) is 10.0 Å². The van der Waals surface area contributed by atoms with Crippen molar-refractivity contribution in [2.45, 2.75) is 47.0 Å². The minimum atomic E-state index is -0.564. The summed E-state index contributed by atoms with van der Waals surface area (Å²) in [5.41, 5.74) is 4.18. The van der Waals surface area contributed by atoms with Crippen LogP contribution in [0.1, 0.15) is 47.9 Å². The number of fused-ring (bicyclic) bond motifs is 6. The molecule has 0 N–H and O–H groups in total. The Morgan fingerprint density at radius 2 is 1.04 bits per heavy atom. The van der Waals surface area contributed by atoms with E-state index < -0.39 is 11.3 Å². The fraction of sp³-hybridized carbons (Fsp3) is 0.294. The number of anilines is 2. The van der Waals surface area contributed by atoms with Crippen LogP contribution in [0.15, 0.2) is 64.6 Å². The predicted octanol–water partition coefficient (Wildman–Crippen LogP) is 8.08. The molecule has 232 valence electrons. The molecular formula is C34H26Cl2N4O4S2. The van der Waals surface area contributed by atoms with Crippen LogP contribution in [0.25, 0.3) is 22.6 Å². The summed E-state index contributed by atoms with van der Waals surface area (Å²) in [6.07, 6.45) is 4.32. The minimum absolute atomic E-state index is 0.122. The molecule has 0 unspecified atom stereocenters. The van der Waals surface area contributed by atoms with Crippen molar-refractivity contribution in [3.8, 4) is 34.8 Å². The Morgan fingerprint density at radius 1 is 0.652 bits per heavy atom. The zero-order chi connectivity index (χ0) is 31.9. The summed E-state index contributed by atoms with van der Waals surface area (Å²) < 4.78 is 11.1. The minimum Gasteiger partial charge on any atom is -0.421 e. The van der Waals surface area contributed by atoms with E-state index in [-0.39, 0.29) is 11.1 Å². The van der Waals surface area contributed by atoms with Gasteiger partial charge in [0.05, 0.1) is 11.4 Å². The highest BCUT2D eigenvalue weighted by Crippen LogP contribution is 2.47. The molecule has 0 bridgehead atoms. The Bertz CT molecular complexity index is 1940. The van der Waals surface area contributed by atoms with E-state index in [1.165, 1.54) is 0 Å². The van der Waals surface area contributed by atoms with Gasteiger partial charge in [-0.3, -0.25) is 0 Å². The first-order valence-corrected chi connectivity index (χ1v) is 17.7. The zero-order valence-electron chi connectivity index (χ0n) is 24.5. The highest BCUT2D eigenvalue weighted by atomic mass is 35.5. The molecule has 8 nitrogen and oxygen atoms in total. The Balaban J connectivity index is 0.000000147. The average Bonchev–Trinajstić information content (AvgIpc) is 3.79. The molecule has 2 aromatic carbocycles. The van der Waals surface area contributed by atoms with Gasteiger partial charge in [0.1, 0.15) is 23.7 Å². The predicted molar refractivity (Wildman–Crippen MR) is 182 cm³/mol. The van der Waals surface area contributed by atoms with Gasteiger partial charge >= 0.3 is 11.3 Å². The highest BCUT2D eigenvalue weighted by Gasteiger charge is 2.31. The van der Waals surface area contributed by atoms with Crippen molar-refractivity contribution in [3.05, 3.63) is 89.5 Å². The SMILES string of the molecule is N#Cc1c(N2CCCC2)c2c(oc1=O)-c1cc(Cl)ccc1SC2.N#Cc1c(N2CCCC2)c2c(oc1=O)-c1cc(Cl)ccc1SC2. The number of hydrogen-bond donors (Lipinski definition) is 0. The summed E-state index contributed by atoms with van der Waals surface area (Å²) in [6.45, 7) is 3.49. The van der Waals surface area contributed by atoms with Crippen molar-refractivity contribution in [2.24, 2.45) is 0 Å². The lowest BCUT2D eigenvalue weighted by Gasteiger charge is -2.26. The summed E-state index contributed by atoms with van der Waals surface area (Å²) in [6, 6.07) is 15.3. The number of rotatable bonds is 2. The van der Waals surface area contributed by atoms with E-state index in [1.54, 1.807) is 23.5 Å². The van der Waals surface area contributed by atoms with Gasteiger partial charge in [-0.15, -0.1) is 23.5 Å². The molecule has 8 rings (SSSR count). The Hall–Kier alpha value is -3.80. The van der Waals surface area contributed by atoms with Gasteiger partial charge < -0.3 is 18.6 Å². The molecule has 0 radical (unpaired) electrons. The van der Waals surface area contributed by atoms with E-state index in [0.29, 0.717) is 33.1 Å². The van der Waals surface area contributed by atoms with Crippen molar-refractivity contribution in [1.29, 1.82) is 10.5 Å². The lowest BCUT2D eigenvalue weighted by Crippen LogP contribution is -2.25. The van der Waals surface area contributed by atoms with Crippen LogP contribution in [0.5, 0.6) is 0 Å². The van der Waals surface area contributed by atoms with Crippen molar-refractivity contribution in [2.75, 3.05) is 36.0 Å². The topological polar surface area (TPSA) is 114 Å². The van der Waals surface area contributed by atoms with Gasteiger partial charge in [-0.2, -0.15) is 10.5 Å². The lowest BCUT2D eigenvalue weighted by atomic mass is 10.0. The third kappa shape index (κ3) is 5.48. The Morgan fingerprint density at radius 3 is 1.41 bits per heavy atom. The maximum absolute atomic E-state index is 12.3. The van der Waals surface area contributed by atoms with Crippen molar-refractivity contribution in [3.63, 3.8) is 0 Å². The van der Waals surface area contributed by atoms with E-state index in [1.807, 2.05) is 48.5 Å². The van der Waals surface area contributed by atoms with Gasteiger partial charge in [0.2, 0.25) is 0 Å². The summed E-state index contributed by atoms with van der Waals surface area (Å²) in [5.74, 6) is 2.50. The normalized spacial score (nSPS) is 15.9. The maximum atomic E-state index is 12.3. The Kier molecular flexibility index (Phi) is 8.56. The summed E-state index contributed by atoms with van der Waals surface area (Å²) >= 11 is 15.6. The van der Waals surface area contributed by atoms with Gasteiger partial charge in [0.25, 0.3) is 0 Å². The molecule has 4 aliphatic rings. The number of nitrogens with zero attached hydrogens (tertiary/aromatic N) is 4. The second kappa shape index (κ2) is 12.8. The van der Waals surface area contributed by atoms with Crippen molar-refractivity contribution < 1.29 is 8.83 Å². The van der Waals surface area contributed by atoms with Crippen LogP contribution in [0.4, 0.5) is 11.4 Å². The van der Waals surface area contributed by atoms with Gasteiger partial charge in [-0.1, -0.05) is 23.2 Å². The number of halogens is 2. The molecule has 6 heterocycles. The summed E-state index contributed by atoms with van der Waals surface area (Å²) in [5, 5.41) is 20.1. The molecule has 12 heteroatoms. The molecule has 0 amide bonds. The smallest absolute Gasteiger partial charge is 0.356 e. The molecule has 2 fully saturated rings. The Labute approximate surface area is 283 Å². The highest BCUT2D eigenvalue weighted by molar-refractivity contribution is 7.99. The van der Waals surface area contributed by atoms with Crippen molar-refractivity contribution in [1.82, 2.24) is 0 Å². The van der Waals surface area contributed by atoms with E-state index in [2.05, 4.69) is 9.80 Å². The van der Waals surface area contributed by atoms with E-state index in [4.69, 9.17) is 32.0 Å². The zero-order valence-corrected chi connectivity index (χ0v) is 27.7. The number of nitriles is 2. The van der Waals surface area contributed by atoms with Crippen LogP contribution < -0.4 is 21.1 Å². The lowest BCUT2D eigenvalue weighted by molar-refractivity contribution is 0.517. The standard InChI is InChI=1S/2C17H13ClN2O2S/c2*18-10-3-4-14-11(7-10)16-13(9-23-14)15(20-5-1-2-6-20)12(8-19)17(21)22-16/h2*3-4,7H,1-2,5-6,9H2. The molecular weight excluding hydrogens is 663 g/mol. The quantitative estimate of drug-likeness (QED) is 0.205. The molecule has 0 saturated carbocycles. The van der Waals surface area contributed by atoms with Crippen LogP contribution in [-0.4, -0.2) is 26.2 Å². The van der Waals surface area contributed by atoms with Crippen LogP contribution in [-0.2, 0) is 11.5 Å². The third-order valence-electron chi connectivity index (χ3n) is 8.58. The number of hydrogen-bond acceptors (Lipinski definition) is 10. The van der Waals surface area contributed by atoms with E-state index in [0.717, 1.165) is 95.3 Å². The molecule has 0 atom stereocenters. The largest absolute Gasteiger partial charge is 0.421 e. The molecule has 2 saturated heterocycles. The first kappa shape index (κ1) is 30.8. The first-order chi connectivity index (χ1) is 22.4. The van der Waals surface area contributed by atoms with Crippen LogP contribution in [0.3, 0.4) is 0 Å². The summed E-state index contributed by atoms with van der Waals surface area (Å²) in [4.78, 5) is 31.1. The molecule has 0 aliphatic carbocycles. The maximum Gasteiger partial charge on any atom is 0.356 e. The fourth-order valence-electron chi connectivity index (χ4n) is 6.51. The number of benzene rings is 2. The monoisotopic (exact) mass is 688 g/mol. The number of thioether (sulfide) groups is 2. The van der Waals surface area contributed by atoms with Gasteiger partial charge in [-0.25, -0.2) is 9.59 Å².